The van der Waals surface area contributed by atoms with Gasteiger partial charge in [0.1, 0.15) is 5.82 Å². The van der Waals surface area contributed by atoms with E-state index in [-0.39, 0.29) is 0 Å². The van der Waals surface area contributed by atoms with Gasteiger partial charge in [-0.15, -0.1) is 0 Å². The summed E-state index contributed by atoms with van der Waals surface area (Å²) in [5.41, 5.74) is 0. The average molecular weight is 241 g/mol. The third kappa shape index (κ3) is 5.03. The molecule has 4 heteroatoms. The first kappa shape index (κ1) is 13.6. The maximum atomic E-state index is 4.38. The van der Waals surface area contributed by atoms with E-state index in [0.29, 0.717) is 6.04 Å². The van der Waals surface area contributed by atoms with Gasteiger partial charge in [0.2, 0.25) is 0 Å². The molecule has 0 spiro atoms. The van der Waals surface area contributed by atoms with Gasteiger partial charge in [0, 0.05) is 25.0 Å². The van der Waals surface area contributed by atoms with Crippen molar-refractivity contribution in [1.29, 1.82) is 0 Å². The Kier molecular flexibility index (Phi) is 6.57. The molecule has 0 fully saturated rings. The van der Waals surface area contributed by atoms with E-state index in [9.17, 15) is 0 Å². The first-order valence-corrected chi connectivity index (χ1v) is 7.20. The maximum absolute atomic E-state index is 4.38. The van der Waals surface area contributed by atoms with Crippen molar-refractivity contribution in [3.05, 3.63) is 18.2 Å². The van der Waals surface area contributed by atoms with Crippen LogP contribution in [0.3, 0.4) is 0 Å². The topological polar surface area (TPSA) is 29.9 Å². The zero-order valence-electron chi connectivity index (χ0n) is 10.6. The molecule has 0 saturated carbocycles. The van der Waals surface area contributed by atoms with E-state index in [0.717, 1.165) is 18.9 Å². The van der Waals surface area contributed by atoms with Crippen LogP contribution in [0.4, 0.5) is 0 Å². The molecule has 0 atom stereocenters. The van der Waals surface area contributed by atoms with Crippen LogP contribution in [0.25, 0.3) is 0 Å². The standard InChI is InChI=1S/C12H23N3S/c1-4-16-9-5-7-15-8-6-13-12(15)10-14-11(2)3/h6,8,11,14H,4-5,7,9-10H2,1-3H3. The normalized spacial score (nSPS) is 11.2. The Morgan fingerprint density at radius 1 is 1.50 bits per heavy atom. The van der Waals surface area contributed by atoms with Gasteiger partial charge in [-0.1, -0.05) is 20.8 Å². The number of nitrogens with zero attached hydrogens (tertiary/aromatic N) is 2. The summed E-state index contributed by atoms with van der Waals surface area (Å²) in [5.74, 6) is 3.60. The van der Waals surface area contributed by atoms with Crippen LogP contribution in [0, 0.1) is 0 Å². The summed E-state index contributed by atoms with van der Waals surface area (Å²) in [6.07, 6.45) is 5.20. The predicted molar refractivity (Wildman–Crippen MR) is 71.8 cm³/mol. The third-order valence-corrected chi connectivity index (χ3v) is 3.35. The van der Waals surface area contributed by atoms with Gasteiger partial charge in [-0.2, -0.15) is 11.8 Å². The summed E-state index contributed by atoms with van der Waals surface area (Å²) in [6, 6.07) is 0.515. The monoisotopic (exact) mass is 241 g/mol. The SMILES string of the molecule is CCSCCCn1ccnc1CNC(C)C. The molecule has 0 aliphatic carbocycles. The van der Waals surface area contributed by atoms with E-state index < -0.39 is 0 Å². The number of imidazole rings is 1. The van der Waals surface area contributed by atoms with E-state index in [1.807, 2.05) is 18.0 Å². The van der Waals surface area contributed by atoms with Gasteiger partial charge in [-0.05, 0) is 17.9 Å². The fourth-order valence-corrected chi connectivity index (χ4v) is 2.11. The van der Waals surface area contributed by atoms with Gasteiger partial charge in [-0.3, -0.25) is 0 Å². The summed E-state index contributed by atoms with van der Waals surface area (Å²) < 4.78 is 2.26. The molecular formula is C12H23N3S. The lowest BCUT2D eigenvalue weighted by Crippen LogP contribution is -2.24. The van der Waals surface area contributed by atoms with Crippen molar-refractivity contribution >= 4 is 11.8 Å². The van der Waals surface area contributed by atoms with Crippen molar-refractivity contribution in [3.8, 4) is 0 Å². The van der Waals surface area contributed by atoms with Crippen LogP contribution in [0.1, 0.15) is 33.0 Å². The lowest BCUT2D eigenvalue weighted by Gasteiger charge is -2.10. The first-order chi connectivity index (χ1) is 7.74. The van der Waals surface area contributed by atoms with Crippen molar-refractivity contribution in [2.24, 2.45) is 0 Å². The van der Waals surface area contributed by atoms with E-state index in [4.69, 9.17) is 0 Å². The van der Waals surface area contributed by atoms with Gasteiger partial charge in [-0.25, -0.2) is 4.98 Å². The Balaban J connectivity index is 2.32. The van der Waals surface area contributed by atoms with Crippen LogP contribution < -0.4 is 5.32 Å². The summed E-state index contributed by atoms with van der Waals surface area (Å²) >= 11 is 2.00. The smallest absolute Gasteiger partial charge is 0.122 e. The highest BCUT2D eigenvalue weighted by Crippen LogP contribution is 2.05. The number of nitrogens with one attached hydrogen (secondary N) is 1. The van der Waals surface area contributed by atoms with Crippen LogP contribution >= 0.6 is 11.8 Å². The minimum absolute atomic E-state index is 0.515. The number of rotatable bonds is 8. The van der Waals surface area contributed by atoms with E-state index >= 15 is 0 Å². The summed E-state index contributed by atoms with van der Waals surface area (Å²) in [6.45, 7) is 8.48. The average Bonchev–Trinajstić information content (AvgIpc) is 2.69. The molecule has 0 aliphatic heterocycles. The van der Waals surface area contributed by atoms with Crippen LogP contribution in [0.5, 0.6) is 0 Å². The molecule has 1 aromatic rings. The molecule has 3 nitrogen and oxygen atoms in total. The van der Waals surface area contributed by atoms with Gasteiger partial charge in [0.25, 0.3) is 0 Å². The lowest BCUT2D eigenvalue weighted by atomic mass is 10.4. The fourth-order valence-electron chi connectivity index (χ4n) is 1.49. The summed E-state index contributed by atoms with van der Waals surface area (Å²) in [4.78, 5) is 4.38. The van der Waals surface area contributed by atoms with Crippen LogP contribution in [-0.2, 0) is 13.1 Å². The second-order valence-corrected chi connectivity index (χ2v) is 5.52. The Labute approximate surface area is 103 Å². The Hall–Kier alpha value is -0.480. The zero-order valence-corrected chi connectivity index (χ0v) is 11.4. The third-order valence-electron chi connectivity index (χ3n) is 2.36. The number of hydrogen-bond donors (Lipinski definition) is 1. The molecule has 1 N–H and O–H groups in total. The lowest BCUT2D eigenvalue weighted by molar-refractivity contribution is 0.542. The molecule has 92 valence electrons. The van der Waals surface area contributed by atoms with Crippen LogP contribution in [-0.4, -0.2) is 27.1 Å². The van der Waals surface area contributed by atoms with Crippen LogP contribution in [0.15, 0.2) is 12.4 Å². The predicted octanol–water partition coefficient (Wildman–Crippen LogP) is 2.52. The van der Waals surface area contributed by atoms with Crippen molar-refractivity contribution in [2.75, 3.05) is 11.5 Å². The molecule has 1 heterocycles. The number of aryl methyl sites for hydroxylation is 1. The molecule has 0 aliphatic rings. The molecule has 0 bridgehead atoms. The second-order valence-electron chi connectivity index (χ2n) is 4.12. The summed E-state index contributed by atoms with van der Waals surface area (Å²) in [5, 5.41) is 3.40. The molecule has 0 radical (unpaired) electrons. The second kappa shape index (κ2) is 7.74. The van der Waals surface area contributed by atoms with Crippen molar-refractivity contribution in [3.63, 3.8) is 0 Å². The molecule has 16 heavy (non-hydrogen) atoms. The molecule has 1 aromatic heterocycles. The van der Waals surface area contributed by atoms with Gasteiger partial charge >= 0.3 is 0 Å². The Bertz CT molecular complexity index is 284. The van der Waals surface area contributed by atoms with Crippen molar-refractivity contribution < 1.29 is 0 Å². The van der Waals surface area contributed by atoms with Crippen molar-refractivity contribution in [1.82, 2.24) is 14.9 Å². The maximum Gasteiger partial charge on any atom is 0.122 e. The van der Waals surface area contributed by atoms with Crippen molar-refractivity contribution in [2.45, 2.75) is 46.3 Å². The minimum Gasteiger partial charge on any atom is -0.334 e. The highest BCUT2D eigenvalue weighted by Gasteiger charge is 2.02. The highest BCUT2D eigenvalue weighted by molar-refractivity contribution is 7.99. The molecule has 0 amide bonds. The van der Waals surface area contributed by atoms with E-state index in [1.54, 1.807) is 0 Å². The first-order valence-electron chi connectivity index (χ1n) is 6.05. The van der Waals surface area contributed by atoms with Gasteiger partial charge in [0.15, 0.2) is 0 Å². The number of aromatic nitrogens is 2. The molecular weight excluding hydrogens is 218 g/mol. The minimum atomic E-state index is 0.515. The fraction of sp³-hybridized carbons (Fsp3) is 0.750. The highest BCUT2D eigenvalue weighted by atomic mass is 32.2. The van der Waals surface area contributed by atoms with Gasteiger partial charge < -0.3 is 9.88 Å². The number of thioether (sulfide) groups is 1. The zero-order chi connectivity index (χ0) is 11.8. The number of hydrogen-bond acceptors (Lipinski definition) is 3. The largest absolute Gasteiger partial charge is 0.334 e. The molecule has 1 rings (SSSR count). The van der Waals surface area contributed by atoms with Crippen LogP contribution in [0.2, 0.25) is 0 Å². The molecule has 0 aromatic carbocycles. The van der Waals surface area contributed by atoms with E-state index in [1.165, 1.54) is 17.9 Å². The quantitative estimate of drug-likeness (QED) is 0.709. The van der Waals surface area contributed by atoms with E-state index in [2.05, 4.69) is 41.8 Å². The molecule has 0 saturated heterocycles. The Morgan fingerprint density at radius 3 is 3.00 bits per heavy atom. The molecule has 0 unspecified atom stereocenters. The Morgan fingerprint density at radius 2 is 2.31 bits per heavy atom. The summed E-state index contributed by atoms with van der Waals surface area (Å²) in [7, 11) is 0. The van der Waals surface area contributed by atoms with Gasteiger partial charge in [0.05, 0.1) is 6.54 Å².